The summed E-state index contributed by atoms with van der Waals surface area (Å²) < 4.78 is 5.49. The highest BCUT2D eigenvalue weighted by molar-refractivity contribution is 5.90. The summed E-state index contributed by atoms with van der Waals surface area (Å²) in [5, 5.41) is 0. The van der Waals surface area contributed by atoms with E-state index in [4.69, 9.17) is 4.74 Å². The van der Waals surface area contributed by atoms with Gasteiger partial charge < -0.3 is 4.74 Å². The minimum Gasteiger partial charge on any atom is -0.427 e. The molecule has 1 aliphatic carbocycles. The molecule has 0 bridgehead atoms. The van der Waals surface area contributed by atoms with Crippen molar-refractivity contribution < 1.29 is 9.53 Å². The summed E-state index contributed by atoms with van der Waals surface area (Å²) >= 11 is 0. The zero-order chi connectivity index (χ0) is 12.8. The number of hydrogen-bond donors (Lipinski definition) is 0. The Morgan fingerprint density at radius 2 is 2.06 bits per heavy atom. The summed E-state index contributed by atoms with van der Waals surface area (Å²) in [6.07, 6.45) is 8.13. The predicted molar refractivity (Wildman–Crippen MR) is 72.2 cm³/mol. The molecule has 0 saturated heterocycles. The molecule has 2 heteroatoms. The first-order chi connectivity index (χ1) is 8.81. The Bertz CT molecular complexity index is 469. The molecule has 0 saturated carbocycles. The minimum atomic E-state index is -0.261. The van der Waals surface area contributed by atoms with Crippen LogP contribution in [-0.4, -0.2) is 5.97 Å². The Labute approximate surface area is 108 Å². The predicted octanol–water partition coefficient (Wildman–Crippen LogP) is 4.25. The maximum absolute atomic E-state index is 11.9. The third-order valence-corrected chi connectivity index (χ3v) is 3.01. The van der Waals surface area contributed by atoms with E-state index < -0.39 is 0 Å². The Hall–Kier alpha value is -1.83. The molecule has 1 aromatic rings. The van der Waals surface area contributed by atoms with Gasteiger partial charge in [-0.25, -0.2) is 4.79 Å². The van der Waals surface area contributed by atoms with Gasteiger partial charge in [0.2, 0.25) is 0 Å². The van der Waals surface area contributed by atoms with Gasteiger partial charge in [-0.05, 0) is 30.5 Å². The van der Waals surface area contributed by atoms with Gasteiger partial charge in [0, 0.05) is 6.42 Å². The van der Waals surface area contributed by atoms with Gasteiger partial charge in [-0.1, -0.05) is 43.7 Å². The van der Waals surface area contributed by atoms with Crippen LogP contribution in [0.4, 0.5) is 0 Å². The summed E-state index contributed by atoms with van der Waals surface area (Å²) in [6, 6.07) is 9.12. The Kier molecular flexibility index (Phi) is 4.35. The molecule has 0 radical (unpaired) electrons. The van der Waals surface area contributed by atoms with Crippen LogP contribution in [0.5, 0.6) is 0 Å². The minimum absolute atomic E-state index is 0.261. The second-order valence-corrected chi connectivity index (χ2v) is 4.41. The van der Waals surface area contributed by atoms with E-state index in [1.807, 2.05) is 18.2 Å². The van der Waals surface area contributed by atoms with E-state index >= 15 is 0 Å². The first kappa shape index (κ1) is 12.6. The number of unbranched alkanes of at least 4 members (excludes halogenated alkanes) is 1. The van der Waals surface area contributed by atoms with Crippen LogP contribution in [0.2, 0.25) is 0 Å². The standard InChI is InChI=1S/C16H18O2/c1-2-3-8-13-11-7-12-15(13)18-16(17)14-9-5-4-6-10-14/h4-7,9-11H,2-3,8,12H2,1H3. The van der Waals surface area contributed by atoms with Crippen LogP contribution < -0.4 is 0 Å². The molecule has 0 atom stereocenters. The van der Waals surface area contributed by atoms with Crippen molar-refractivity contribution in [2.75, 3.05) is 0 Å². The fourth-order valence-electron chi connectivity index (χ4n) is 1.97. The van der Waals surface area contributed by atoms with Gasteiger partial charge in [0.05, 0.1) is 5.56 Å². The Morgan fingerprint density at radius 3 is 2.78 bits per heavy atom. The molecule has 0 heterocycles. The molecule has 0 N–H and O–H groups in total. The van der Waals surface area contributed by atoms with Gasteiger partial charge >= 0.3 is 5.97 Å². The van der Waals surface area contributed by atoms with E-state index in [0.717, 1.165) is 31.4 Å². The fourth-order valence-corrected chi connectivity index (χ4v) is 1.97. The fraction of sp³-hybridized carbons (Fsp3) is 0.312. The highest BCUT2D eigenvalue weighted by Crippen LogP contribution is 2.25. The average molecular weight is 242 g/mol. The van der Waals surface area contributed by atoms with Crippen LogP contribution >= 0.6 is 0 Å². The number of ether oxygens (including phenoxy) is 1. The number of allylic oxidation sites excluding steroid dienone is 3. The van der Waals surface area contributed by atoms with Crippen LogP contribution in [0.25, 0.3) is 0 Å². The SMILES string of the molecule is CCCCC1=C(OC(=O)c2ccccc2)CC=C1. The first-order valence-corrected chi connectivity index (χ1v) is 6.47. The zero-order valence-corrected chi connectivity index (χ0v) is 10.7. The van der Waals surface area contributed by atoms with E-state index in [9.17, 15) is 4.79 Å². The first-order valence-electron chi connectivity index (χ1n) is 6.47. The van der Waals surface area contributed by atoms with Crippen molar-refractivity contribution in [1.29, 1.82) is 0 Å². The molecule has 1 aliphatic rings. The van der Waals surface area contributed by atoms with E-state index in [0.29, 0.717) is 5.56 Å². The number of esters is 1. The van der Waals surface area contributed by atoms with Gasteiger partial charge in [0.15, 0.2) is 0 Å². The van der Waals surface area contributed by atoms with Crippen molar-refractivity contribution in [2.45, 2.75) is 32.6 Å². The highest BCUT2D eigenvalue weighted by Gasteiger charge is 2.15. The maximum atomic E-state index is 11.9. The topological polar surface area (TPSA) is 26.3 Å². The second kappa shape index (κ2) is 6.20. The van der Waals surface area contributed by atoms with Gasteiger partial charge in [0.25, 0.3) is 0 Å². The number of carbonyl (C=O) groups is 1. The molecule has 94 valence electrons. The van der Waals surface area contributed by atoms with Crippen molar-refractivity contribution in [3.05, 3.63) is 59.4 Å². The third kappa shape index (κ3) is 3.10. The van der Waals surface area contributed by atoms with E-state index in [1.54, 1.807) is 12.1 Å². The molecule has 0 fully saturated rings. The van der Waals surface area contributed by atoms with Crippen LogP contribution in [0, 0.1) is 0 Å². The number of benzene rings is 1. The molecule has 0 unspecified atom stereocenters. The molecule has 0 aromatic heterocycles. The van der Waals surface area contributed by atoms with Crippen LogP contribution in [0.15, 0.2) is 53.8 Å². The quantitative estimate of drug-likeness (QED) is 0.721. The molecular weight excluding hydrogens is 224 g/mol. The summed E-state index contributed by atoms with van der Waals surface area (Å²) in [6.45, 7) is 2.16. The number of carbonyl (C=O) groups excluding carboxylic acids is 1. The second-order valence-electron chi connectivity index (χ2n) is 4.41. The van der Waals surface area contributed by atoms with Crippen LogP contribution in [-0.2, 0) is 4.74 Å². The zero-order valence-electron chi connectivity index (χ0n) is 10.7. The summed E-state index contributed by atoms with van der Waals surface area (Å²) in [5.41, 5.74) is 1.77. The van der Waals surface area contributed by atoms with Gasteiger partial charge in [-0.15, -0.1) is 0 Å². The lowest BCUT2D eigenvalue weighted by molar-refractivity contribution is 0.0617. The molecule has 0 aliphatic heterocycles. The molecule has 18 heavy (non-hydrogen) atoms. The average Bonchev–Trinajstić information content (AvgIpc) is 2.84. The monoisotopic (exact) mass is 242 g/mol. The smallest absolute Gasteiger partial charge is 0.343 e. The molecular formula is C16H18O2. The van der Waals surface area contributed by atoms with Crippen molar-refractivity contribution in [3.8, 4) is 0 Å². The lowest BCUT2D eigenvalue weighted by Crippen LogP contribution is -2.05. The molecule has 0 spiro atoms. The number of hydrogen-bond acceptors (Lipinski definition) is 2. The van der Waals surface area contributed by atoms with E-state index in [-0.39, 0.29) is 5.97 Å². The van der Waals surface area contributed by atoms with Gasteiger partial charge in [-0.2, -0.15) is 0 Å². The summed E-state index contributed by atoms with van der Waals surface area (Å²) in [4.78, 5) is 11.9. The summed E-state index contributed by atoms with van der Waals surface area (Å²) in [5.74, 6) is 0.556. The molecule has 1 aromatic carbocycles. The van der Waals surface area contributed by atoms with Gasteiger partial charge in [0.1, 0.15) is 5.76 Å². The largest absolute Gasteiger partial charge is 0.427 e. The lowest BCUT2D eigenvalue weighted by atomic mass is 10.1. The van der Waals surface area contributed by atoms with Crippen molar-refractivity contribution in [1.82, 2.24) is 0 Å². The summed E-state index contributed by atoms with van der Waals surface area (Å²) in [7, 11) is 0. The lowest BCUT2D eigenvalue weighted by Gasteiger charge is -2.08. The van der Waals surface area contributed by atoms with Crippen molar-refractivity contribution in [3.63, 3.8) is 0 Å². The maximum Gasteiger partial charge on any atom is 0.343 e. The van der Waals surface area contributed by atoms with Gasteiger partial charge in [-0.3, -0.25) is 0 Å². The normalized spacial score (nSPS) is 14.1. The van der Waals surface area contributed by atoms with Crippen molar-refractivity contribution in [2.24, 2.45) is 0 Å². The molecule has 0 amide bonds. The van der Waals surface area contributed by atoms with Crippen molar-refractivity contribution >= 4 is 5.97 Å². The number of rotatable bonds is 5. The van der Waals surface area contributed by atoms with Crippen LogP contribution in [0.3, 0.4) is 0 Å². The third-order valence-electron chi connectivity index (χ3n) is 3.01. The Balaban J connectivity index is 2.03. The highest BCUT2D eigenvalue weighted by atomic mass is 16.5. The van der Waals surface area contributed by atoms with Crippen LogP contribution in [0.1, 0.15) is 43.0 Å². The molecule has 2 nitrogen and oxygen atoms in total. The van der Waals surface area contributed by atoms with E-state index in [1.165, 1.54) is 5.57 Å². The van der Waals surface area contributed by atoms with E-state index in [2.05, 4.69) is 19.1 Å². The Morgan fingerprint density at radius 1 is 1.28 bits per heavy atom. The molecule has 2 rings (SSSR count).